The van der Waals surface area contributed by atoms with Crippen LogP contribution in [-0.2, 0) is 13.0 Å². The van der Waals surface area contributed by atoms with E-state index in [1.165, 1.54) is 0 Å². The van der Waals surface area contributed by atoms with E-state index in [0.717, 1.165) is 24.5 Å². The first kappa shape index (κ1) is 16.5. The highest BCUT2D eigenvalue weighted by atomic mass is 35.5. The third kappa shape index (κ3) is 4.79. The molecule has 0 radical (unpaired) electrons. The van der Waals surface area contributed by atoms with E-state index in [0.29, 0.717) is 23.9 Å². The number of hydrogen-bond acceptors (Lipinski definition) is 3. The Morgan fingerprint density at radius 1 is 1.47 bits per heavy atom. The average Bonchev–Trinajstić information content (AvgIpc) is 2.55. The van der Waals surface area contributed by atoms with Crippen LogP contribution in [0.2, 0.25) is 5.02 Å². The highest BCUT2D eigenvalue weighted by Crippen LogP contribution is 2.24. The van der Waals surface area contributed by atoms with E-state index < -0.39 is 5.60 Å². The van der Waals surface area contributed by atoms with Crippen molar-refractivity contribution >= 4 is 11.6 Å². The minimum absolute atomic E-state index is 0.506. The van der Waals surface area contributed by atoms with Crippen molar-refractivity contribution in [3.63, 3.8) is 0 Å². The third-order valence-corrected chi connectivity index (χ3v) is 3.55. The molecule has 2 N–H and O–H groups in total. The lowest BCUT2D eigenvalue weighted by atomic mass is 9.99. The molecule has 1 aromatic heterocycles. The molecule has 110 valence electrons. The molecule has 0 saturated carbocycles. The predicted molar refractivity (Wildman–Crippen MR) is 79.7 cm³/mol. The third-order valence-electron chi connectivity index (χ3n) is 3.06. The Morgan fingerprint density at radius 3 is 2.63 bits per heavy atom. The first-order valence-corrected chi connectivity index (χ1v) is 7.29. The molecule has 4 nitrogen and oxygen atoms in total. The van der Waals surface area contributed by atoms with Gasteiger partial charge < -0.3 is 10.4 Å². The second-order valence-electron chi connectivity index (χ2n) is 5.86. The zero-order chi connectivity index (χ0) is 14.6. The molecule has 1 aromatic rings. The largest absolute Gasteiger partial charge is 0.388 e. The lowest BCUT2D eigenvalue weighted by Crippen LogP contribution is -2.41. The fourth-order valence-corrected chi connectivity index (χ4v) is 2.29. The number of aliphatic hydroxyl groups is 1. The fraction of sp³-hybridized carbons (Fsp3) is 0.786. The van der Waals surface area contributed by atoms with E-state index in [1.807, 2.05) is 25.5 Å². The van der Waals surface area contributed by atoms with Crippen molar-refractivity contribution in [2.45, 2.75) is 53.2 Å². The van der Waals surface area contributed by atoms with Crippen LogP contribution in [0, 0.1) is 12.8 Å². The van der Waals surface area contributed by atoms with Gasteiger partial charge in [0.25, 0.3) is 0 Å². The van der Waals surface area contributed by atoms with Crippen LogP contribution in [0.5, 0.6) is 0 Å². The summed E-state index contributed by atoms with van der Waals surface area (Å²) in [5.74, 6) is 0.572. The van der Waals surface area contributed by atoms with E-state index in [4.69, 9.17) is 11.6 Å². The molecule has 5 heteroatoms. The van der Waals surface area contributed by atoms with E-state index in [-0.39, 0.29) is 0 Å². The number of rotatable bonds is 7. The molecule has 1 rings (SSSR count). The van der Waals surface area contributed by atoms with Crippen molar-refractivity contribution in [2.24, 2.45) is 5.92 Å². The molecule has 0 aliphatic carbocycles. The highest BCUT2D eigenvalue weighted by molar-refractivity contribution is 6.31. The van der Waals surface area contributed by atoms with Crippen molar-refractivity contribution < 1.29 is 5.11 Å². The van der Waals surface area contributed by atoms with Crippen molar-refractivity contribution in [1.82, 2.24) is 15.1 Å². The molecule has 1 unspecified atom stereocenters. The first-order valence-electron chi connectivity index (χ1n) is 6.91. The second-order valence-corrected chi connectivity index (χ2v) is 6.24. The normalized spacial score (nSPS) is 14.9. The minimum atomic E-state index is -0.822. The molecular formula is C14H26ClN3O. The molecule has 0 spiro atoms. The summed E-state index contributed by atoms with van der Waals surface area (Å²) in [5, 5.41) is 18.8. The zero-order valence-corrected chi connectivity index (χ0v) is 13.4. The van der Waals surface area contributed by atoms with Crippen LogP contribution in [0.15, 0.2) is 0 Å². The van der Waals surface area contributed by atoms with Crippen LogP contribution in [0.1, 0.15) is 39.1 Å². The average molecular weight is 288 g/mol. The number of nitrogens with one attached hydrogen (secondary N) is 1. The Balaban J connectivity index is 2.71. The van der Waals surface area contributed by atoms with Gasteiger partial charge in [0.15, 0.2) is 0 Å². The zero-order valence-electron chi connectivity index (χ0n) is 12.6. The van der Waals surface area contributed by atoms with Gasteiger partial charge in [-0.05, 0) is 33.2 Å². The molecule has 19 heavy (non-hydrogen) atoms. The number of nitrogens with zero attached hydrogens (tertiary/aromatic N) is 2. The van der Waals surface area contributed by atoms with Crippen LogP contribution in [0.3, 0.4) is 0 Å². The van der Waals surface area contributed by atoms with Gasteiger partial charge in [-0.3, -0.25) is 4.68 Å². The van der Waals surface area contributed by atoms with Crippen LogP contribution in [0.25, 0.3) is 0 Å². The summed E-state index contributed by atoms with van der Waals surface area (Å²) < 4.78 is 1.87. The Morgan fingerprint density at radius 2 is 2.11 bits per heavy atom. The molecule has 0 aromatic carbocycles. The van der Waals surface area contributed by atoms with Gasteiger partial charge >= 0.3 is 0 Å². The van der Waals surface area contributed by atoms with Gasteiger partial charge in [-0.1, -0.05) is 25.4 Å². The topological polar surface area (TPSA) is 50.1 Å². The second kappa shape index (κ2) is 6.73. The summed E-state index contributed by atoms with van der Waals surface area (Å²) in [6, 6.07) is 0. The molecule has 0 saturated heterocycles. The lowest BCUT2D eigenvalue weighted by molar-refractivity contribution is 0.0575. The van der Waals surface area contributed by atoms with Crippen LogP contribution in [-0.4, -0.2) is 33.6 Å². The Kier molecular flexibility index (Phi) is 5.83. The van der Waals surface area contributed by atoms with E-state index in [2.05, 4.69) is 24.3 Å². The molecule has 0 aliphatic heterocycles. The summed E-state index contributed by atoms with van der Waals surface area (Å²) in [7, 11) is 0. The summed E-state index contributed by atoms with van der Waals surface area (Å²) in [6.07, 6.45) is 0.506. The van der Waals surface area contributed by atoms with Crippen molar-refractivity contribution in [3.05, 3.63) is 16.4 Å². The van der Waals surface area contributed by atoms with Gasteiger partial charge in [0, 0.05) is 19.5 Å². The maximum atomic E-state index is 10.5. The van der Waals surface area contributed by atoms with Gasteiger partial charge in [-0.15, -0.1) is 0 Å². The maximum Gasteiger partial charge on any atom is 0.0848 e. The molecular weight excluding hydrogens is 262 g/mol. The monoisotopic (exact) mass is 287 g/mol. The standard InChI is InChI=1S/C14H26ClN3O/c1-6-18-12(13(15)11(4)17-18)7-14(5,19)9-16-8-10(2)3/h10,16,19H,6-9H2,1-5H3. The Hall–Kier alpha value is -0.580. The fourth-order valence-electron chi connectivity index (χ4n) is 2.09. The first-order chi connectivity index (χ1) is 8.76. The van der Waals surface area contributed by atoms with Crippen molar-refractivity contribution in [1.29, 1.82) is 0 Å². The number of halogens is 1. The summed E-state index contributed by atoms with van der Waals surface area (Å²) in [5.41, 5.74) is 0.917. The van der Waals surface area contributed by atoms with Crippen molar-refractivity contribution in [3.8, 4) is 0 Å². The van der Waals surface area contributed by atoms with Crippen LogP contribution >= 0.6 is 11.6 Å². The van der Waals surface area contributed by atoms with Crippen LogP contribution in [0.4, 0.5) is 0 Å². The predicted octanol–water partition coefficient (Wildman–Crippen LogP) is 2.40. The Labute approximate surface area is 121 Å². The summed E-state index contributed by atoms with van der Waals surface area (Å²) >= 11 is 6.27. The molecule has 0 bridgehead atoms. The molecule has 1 atom stereocenters. The molecule has 0 amide bonds. The quantitative estimate of drug-likeness (QED) is 0.810. The van der Waals surface area contributed by atoms with Crippen LogP contribution < -0.4 is 5.32 Å². The van der Waals surface area contributed by atoms with Gasteiger partial charge in [-0.25, -0.2) is 0 Å². The van der Waals surface area contributed by atoms with E-state index in [1.54, 1.807) is 0 Å². The molecule has 0 fully saturated rings. The SMILES string of the molecule is CCn1nc(C)c(Cl)c1CC(C)(O)CNCC(C)C. The molecule has 1 heterocycles. The Bertz CT molecular complexity index is 413. The van der Waals surface area contributed by atoms with Gasteiger partial charge in [-0.2, -0.15) is 5.10 Å². The van der Waals surface area contributed by atoms with Crippen molar-refractivity contribution in [2.75, 3.05) is 13.1 Å². The number of hydrogen-bond donors (Lipinski definition) is 2. The number of aromatic nitrogens is 2. The van der Waals surface area contributed by atoms with Gasteiger partial charge in [0.2, 0.25) is 0 Å². The van der Waals surface area contributed by atoms with Gasteiger partial charge in [0.1, 0.15) is 0 Å². The van der Waals surface area contributed by atoms with E-state index >= 15 is 0 Å². The maximum absolute atomic E-state index is 10.5. The summed E-state index contributed by atoms with van der Waals surface area (Å²) in [6.45, 7) is 12.3. The van der Waals surface area contributed by atoms with Gasteiger partial charge in [0.05, 0.1) is 22.0 Å². The smallest absolute Gasteiger partial charge is 0.0848 e. The lowest BCUT2D eigenvalue weighted by Gasteiger charge is -2.25. The number of aryl methyl sites for hydroxylation is 2. The van der Waals surface area contributed by atoms with E-state index in [9.17, 15) is 5.11 Å². The molecule has 0 aliphatic rings. The highest BCUT2D eigenvalue weighted by Gasteiger charge is 2.25. The summed E-state index contributed by atoms with van der Waals surface area (Å²) in [4.78, 5) is 0. The minimum Gasteiger partial charge on any atom is -0.388 e.